The van der Waals surface area contributed by atoms with Gasteiger partial charge < -0.3 is 10.2 Å². The monoisotopic (exact) mass is 765 g/mol. The molecule has 0 fully saturated rings. The fraction of sp³-hybridized carbons (Fsp3) is 0.368. The Bertz CT molecular complexity index is 2210. The van der Waals surface area contributed by atoms with Crippen LogP contribution < -0.4 is 10.2 Å². The molecule has 15 heteroatoms. The van der Waals surface area contributed by atoms with Gasteiger partial charge in [0.2, 0.25) is 11.6 Å². The van der Waals surface area contributed by atoms with Crippen LogP contribution in [0.4, 0.5) is 11.4 Å². The van der Waals surface area contributed by atoms with E-state index in [1.165, 1.54) is 36.4 Å². The number of hydrogen-bond acceptors (Lipinski definition) is 8. The number of fused-ring (bicyclic) bond motifs is 2. The molecule has 2 aromatic rings. The van der Waals surface area contributed by atoms with Gasteiger partial charge >= 0.3 is 0 Å². The molecule has 13 nitrogen and oxygen atoms in total. The Hall–Kier alpha value is -4.70. The summed E-state index contributed by atoms with van der Waals surface area (Å²) in [5.41, 5.74) is 3.86. The number of hydrogen-bond donors (Lipinski definition) is 3. The van der Waals surface area contributed by atoms with Crippen molar-refractivity contribution in [1.29, 1.82) is 0 Å². The highest BCUT2D eigenvalue weighted by Gasteiger charge is 2.44. The van der Waals surface area contributed by atoms with Gasteiger partial charge in [-0.15, -0.1) is 0 Å². The molecule has 282 valence electrons. The van der Waals surface area contributed by atoms with E-state index in [9.17, 15) is 40.3 Å². The molecule has 3 aliphatic rings. The lowest BCUT2D eigenvalue weighted by molar-refractivity contribution is -0.401. The molecular formula is C38H45N4O9S2+. The molecule has 0 aromatic heterocycles. The van der Waals surface area contributed by atoms with Gasteiger partial charge in [0.15, 0.2) is 5.71 Å². The van der Waals surface area contributed by atoms with Crippen molar-refractivity contribution >= 4 is 55.0 Å². The summed E-state index contributed by atoms with van der Waals surface area (Å²) in [4.78, 5) is 38.6. The molecule has 0 aliphatic carbocycles. The molecule has 53 heavy (non-hydrogen) atoms. The number of benzene rings is 2. The molecule has 5 rings (SSSR count). The number of nitrogens with one attached hydrogen (secondary N) is 1. The Morgan fingerprint density at radius 3 is 2.06 bits per heavy atom. The predicted octanol–water partition coefficient (Wildman–Crippen LogP) is 4.58. The third-order valence-electron chi connectivity index (χ3n) is 10.0. The van der Waals surface area contributed by atoms with Crippen LogP contribution in [0.5, 0.6) is 0 Å². The number of carbonyl (C=O) groups is 3. The Kier molecular flexibility index (Phi) is 11.2. The average molecular weight is 766 g/mol. The number of anilines is 1. The summed E-state index contributed by atoms with van der Waals surface area (Å²) in [6.07, 6.45) is 14.4. The second-order valence-electron chi connectivity index (χ2n) is 14.3. The number of carbonyl (C=O) groups excluding carboxylic acids is 3. The maximum Gasteiger partial charge on any atom is 0.294 e. The zero-order valence-corrected chi connectivity index (χ0v) is 32.0. The van der Waals surface area contributed by atoms with E-state index in [4.69, 9.17) is 0 Å². The first-order chi connectivity index (χ1) is 24.7. The van der Waals surface area contributed by atoms with Crippen molar-refractivity contribution < 1.29 is 44.9 Å². The van der Waals surface area contributed by atoms with E-state index < -0.39 is 42.9 Å². The molecule has 0 unspecified atom stereocenters. The second-order valence-corrected chi connectivity index (χ2v) is 17.1. The van der Waals surface area contributed by atoms with Gasteiger partial charge in [0.05, 0.1) is 15.2 Å². The Morgan fingerprint density at radius 1 is 0.792 bits per heavy atom. The Balaban J connectivity index is 1.27. The first kappa shape index (κ1) is 39.5. The molecule has 3 aliphatic heterocycles. The first-order valence-corrected chi connectivity index (χ1v) is 20.1. The van der Waals surface area contributed by atoms with E-state index in [1.807, 2.05) is 69.7 Å². The molecule has 0 atom stereocenters. The maximum absolute atomic E-state index is 12.4. The van der Waals surface area contributed by atoms with Gasteiger partial charge in [0.1, 0.15) is 7.05 Å². The number of imide groups is 1. The van der Waals surface area contributed by atoms with E-state index in [0.29, 0.717) is 13.0 Å². The van der Waals surface area contributed by atoms with Crippen molar-refractivity contribution in [1.82, 2.24) is 10.2 Å². The molecule has 0 bridgehead atoms. The van der Waals surface area contributed by atoms with E-state index in [0.717, 1.165) is 51.7 Å². The SMILES string of the molecule is C[N+]1=C(/C=C/C=C/C=C2/N(CCCCCC(=O)NCCN3C(=O)C=CC3=O)c3ccc(S(=O)(=O)O)cc3C2(C)C)C(C)(C)c2cc(S(=O)(=O)O)ccc21. The van der Waals surface area contributed by atoms with E-state index in [-0.39, 0.29) is 35.2 Å². The van der Waals surface area contributed by atoms with Gasteiger partial charge in [-0.25, -0.2) is 0 Å². The molecule has 3 N–H and O–H groups in total. The van der Waals surface area contributed by atoms with Crippen molar-refractivity contribution in [2.24, 2.45) is 0 Å². The van der Waals surface area contributed by atoms with Gasteiger partial charge in [-0.1, -0.05) is 38.5 Å². The molecule has 0 saturated heterocycles. The first-order valence-electron chi connectivity index (χ1n) is 17.2. The van der Waals surface area contributed by atoms with Crippen molar-refractivity contribution in [3.05, 3.63) is 95.8 Å². The van der Waals surface area contributed by atoms with Crippen LogP contribution in [0.2, 0.25) is 0 Å². The lowest BCUT2D eigenvalue weighted by Crippen LogP contribution is -2.38. The average Bonchev–Trinajstić information content (AvgIpc) is 3.58. The number of amides is 3. The summed E-state index contributed by atoms with van der Waals surface area (Å²) in [5.74, 6) is -0.950. The minimum Gasteiger partial charge on any atom is -0.354 e. The lowest BCUT2D eigenvalue weighted by atomic mass is 9.81. The number of nitrogens with zero attached hydrogens (tertiary/aromatic N) is 3. The van der Waals surface area contributed by atoms with Gasteiger partial charge in [0.25, 0.3) is 32.1 Å². The van der Waals surface area contributed by atoms with Gasteiger partial charge in [-0.05, 0) is 68.7 Å². The smallest absolute Gasteiger partial charge is 0.294 e. The normalized spacial score (nSPS) is 18.7. The summed E-state index contributed by atoms with van der Waals surface area (Å²) in [6, 6.07) is 9.15. The van der Waals surface area contributed by atoms with Crippen LogP contribution in [0.25, 0.3) is 0 Å². The van der Waals surface area contributed by atoms with Crippen molar-refractivity contribution in [2.75, 3.05) is 31.6 Å². The minimum absolute atomic E-state index is 0.113. The van der Waals surface area contributed by atoms with E-state index >= 15 is 0 Å². The molecule has 0 spiro atoms. The highest BCUT2D eigenvalue weighted by atomic mass is 32.2. The predicted molar refractivity (Wildman–Crippen MR) is 200 cm³/mol. The fourth-order valence-electron chi connectivity index (χ4n) is 7.17. The summed E-state index contributed by atoms with van der Waals surface area (Å²) in [7, 11) is -6.88. The summed E-state index contributed by atoms with van der Waals surface area (Å²) in [6.45, 7) is 8.83. The maximum atomic E-state index is 12.4. The number of unbranched alkanes of at least 4 members (excludes halogenated alkanes) is 2. The van der Waals surface area contributed by atoms with Gasteiger partial charge in [-0.3, -0.25) is 28.4 Å². The second kappa shape index (κ2) is 15.0. The zero-order valence-electron chi connectivity index (χ0n) is 30.4. The fourth-order valence-corrected chi connectivity index (χ4v) is 8.18. The third-order valence-corrected chi connectivity index (χ3v) is 11.7. The minimum atomic E-state index is -4.42. The number of allylic oxidation sites excluding steroid dienone is 6. The topological polar surface area (TPSA) is 181 Å². The standard InChI is InChI=1S/C38H44N4O9S2/c1-37(2)28-24-26(52(46,47)48)15-17-30(28)40(5)32(37)12-8-6-9-13-33-38(3,4)29-25-27(53(49,50)51)16-18-31(29)41(33)22-11-7-10-14-34(43)39-21-23-42-35(44)19-20-36(42)45/h6,8-9,12-13,15-20,24-25H,7,10-11,14,21-23H2,1-5H3,(H2-,39,43,46,47,48,49,50,51)/p+1. The van der Waals surface area contributed by atoms with Crippen LogP contribution in [0.3, 0.4) is 0 Å². The van der Waals surface area contributed by atoms with Crippen molar-refractivity contribution in [3.63, 3.8) is 0 Å². The van der Waals surface area contributed by atoms with Crippen molar-refractivity contribution in [3.8, 4) is 0 Å². The quantitative estimate of drug-likeness (QED) is 0.0810. The highest BCUT2D eigenvalue weighted by molar-refractivity contribution is 7.86. The lowest BCUT2D eigenvalue weighted by Gasteiger charge is -2.27. The van der Waals surface area contributed by atoms with E-state index in [1.54, 1.807) is 12.1 Å². The molecule has 3 heterocycles. The van der Waals surface area contributed by atoms with E-state index in [2.05, 4.69) is 10.2 Å². The molecule has 3 amide bonds. The third kappa shape index (κ3) is 8.28. The highest BCUT2D eigenvalue weighted by Crippen LogP contribution is 2.48. The van der Waals surface area contributed by atoms with Gasteiger partial charge in [-0.2, -0.15) is 21.4 Å². The van der Waals surface area contributed by atoms with Crippen LogP contribution in [-0.4, -0.2) is 85.5 Å². The summed E-state index contributed by atoms with van der Waals surface area (Å²) < 4.78 is 68.9. The molecule has 2 aromatic carbocycles. The van der Waals surface area contributed by atoms with Crippen LogP contribution >= 0.6 is 0 Å². The Morgan fingerprint density at radius 2 is 1.42 bits per heavy atom. The summed E-state index contributed by atoms with van der Waals surface area (Å²) >= 11 is 0. The van der Waals surface area contributed by atoms with Crippen LogP contribution in [0.15, 0.2) is 94.4 Å². The zero-order chi connectivity index (χ0) is 38.9. The largest absolute Gasteiger partial charge is 0.354 e. The molecule has 0 radical (unpaired) electrons. The van der Waals surface area contributed by atoms with Crippen LogP contribution in [0, 0.1) is 0 Å². The number of rotatable bonds is 14. The summed E-state index contributed by atoms with van der Waals surface area (Å²) in [5, 5.41) is 2.75. The van der Waals surface area contributed by atoms with Crippen LogP contribution in [0.1, 0.15) is 64.5 Å². The Labute approximate surface area is 310 Å². The molecule has 0 saturated carbocycles. The van der Waals surface area contributed by atoms with Crippen LogP contribution in [-0.2, 0) is 45.4 Å². The van der Waals surface area contributed by atoms with Gasteiger partial charge in [0, 0.05) is 72.7 Å². The van der Waals surface area contributed by atoms with Crippen molar-refractivity contribution in [2.45, 2.75) is 74.0 Å². The molecular weight excluding hydrogens is 721 g/mol.